The second kappa shape index (κ2) is 6.75. The number of aliphatic carboxylic acids is 1. The molecule has 23 heavy (non-hydrogen) atoms. The summed E-state index contributed by atoms with van der Waals surface area (Å²) in [4.78, 5) is 11.1. The normalized spacial score (nSPS) is 11.0. The Balaban J connectivity index is 2.29. The third-order valence-corrected chi connectivity index (χ3v) is 4.00. The lowest BCUT2D eigenvalue weighted by atomic mass is 10.1. The van der Waals surface area contributed by atoms with E-state index in [9.17, 15) is 18.0 Å². The maximum Gasteiger partial charge on any atom is 0.417 e. The molecule has 0 radical (unpaired) electrons. The number of carboxylic acids is 1. The highest BCUT2D eigenvalue weighted by Gasteiger charge is 2.34. The van der Waals surface area contributed by atoms with E-state index in [0.717, 1.165) is 17.8 Å². The van der Waals surface area contributed by atoms with Gasteiger partial charge in [-0.25, -0.2) is 0 Å². The van der Waals surface area contributed by atoms with Crippen LogP contribution in [-0.2, 0) is 17.4 Å². The average molecular weight is 337 g/mol. The largest absolute Gasteiger partial charge is 0.481 e. The molecule has 0 spiro atoms. The zero-order valence-corrected chi connectivity index (χ0v) is 12.4. The van der Waals surface area contributed by atoms with Gasteiger partial charge in [-0.3, -0.25) is 4.79 Å². The first kappa shape index (κ1) is 16.9. The number of benzene rings is 2. The van der Waals surface area contributed by atoms with Crippen molar-refractivity contribution in [3.63, 3.8) is 0 Å². The Morgan fingerprint density at radius 2 is 1.83 bits per heavy atom. The summed E-state index contributed by atoms with van der Waals surface area (Å²) in [6, 6.07) is 11.4. The van der Waals surface area contributed by atoms with E-state index in [4.69, 9.17) is 10.4 Å². The van der Waals surface area contributed by atoms with E-state index in [1.165, 1.54) is 12.1 Å². The van der Waals surface area contributed by atoms with Crippen molar-refractivity contribution in [1.29, 1.82) is 5.26 Å². The highest BCUT2D eigenvalue weighted by Crippen LogP contribution is 2.40. The van der Waals surface area contributed by atoms with Crippen molar-refractivity contribution in [3.05, 3.63) is 59.2 Å². The average Bonchev–Trinajstić information content (AvgIpc) is 2.48. The van der Waals surface area contributed by atoms with Crippen molar-refractivity contribution in [2.75, 3.05) is 0 Å². The summed E-state index contributed by atoms with van der Waals surface area (Å²) in [7, 11) is 0. The van der Waals surface area contributed by atoms with Gasteiger partial charge in [0.05, 0.1) is 23.6 Å². The summed E-state index contributed by atoms with van der Waals surface area (Å²) < 4.78 is 39.3. The monoisotopic (exact) mass is 337 g/mol. The SMILES string of the molecule is N#Cc1ccc(Sc2ccc(CC(=O)O)cc2)c(C(F)(F)F)c1. The Morgan fingerprint density at radius 1 is 1.17 bits per heavy atom. The molecule has 0 unspecified atom stereocenters. The van der Waals surface area contributed by atoms with Crippen molar-refractivity contribution < 1.29 is 23.1 Å². The van der Waals surface area contributed by atoms with Crippen molar-refractivity contribution in [1.82, 2.24) is 0 Å². The van der Waals surface area contributed by atoms with Crippen molar-refractivity contribution >= 4 is 17.7 Å². The van der Waals surface area contributed by atoms with Gasteiger partial charge in [0, 0.05) is 9.79 Å². The van der Waals surface area contributed by atoms with Gasteiger partial charge < -0.3 is 5.11 Å². The van der Waals surface area contributed by atoms with Crippen LogP contribution in [0.3, 0.4) is 0 Å². The first-order valence-electron chi connectivity index (χ1n) is 6.39. The number of nitrogens with zero attached hydrogens (tertiary/aromatic N) is 1. The lowest BCUT2D eigenvalue weighted by Gasteiger charge is -2.13. The minimum Gasteiger partial charge on any atom is -0.481 e. The third kappa shape index (κ3) is 4.50. The van der Waals surface area contributed by atoms with E-state index in [1.54, 1.807) is 30.3 Å². The van der Waals surface area contributed by atoms with Gasteiger partial charge in [0.1, 0.15) is 0 Å². The zero-order chi connectivity index (χ0) is 17.0. The van der Waals surface area contributed by atoms with Crippen molar-refractivity contribution in [2.24, 2.45) is 0 Å². The smallest absolute Gasteiger partial charge is 0.417 e. The van der Waals surface area contributed by atoms with E-state index in [1.807, 2.05) is 0 Å². The molecule has 0 bridgehead atoms. The van der Waals surface area contributed by atoms with Gasteiger partial charge >= 0.3 is 12.1 Å². The summed E-state index contributed by atoms with van der Waals surface area (Å²) in [5.41, 5.74) is -0.354. The van der Waals surface area contributed by atoms with Gasteiger partial charge in [-0.15, -0.1) is 0 Å². The molecule has 0 saturated heterocycles. The van der Waals surface area contributed by atoms with E-state index in [2.05, 4.69) is 0 Å². The molecule has 0 saturated carbocycles. The lowest BCUT2D eigenvalue weighted by molar-refractivity contribution is -0.140. The fraction of sp³-hybridized carbons (Fsp3) is 0.125. The Kier molecular flexibility index (Phi) is 4.96. The Morgan fingerprint density at radius 3 is 2.35 bits per heavy atom. The number of hydrogen-bond acceptors (Lipinski definition) is 3. The molecule has 1 N–H and O–H groups in total. The van der Waals surface area contributed by atoms with Crippen LogP contribution in [0.15, 0.2) is 52.3 Å². The maximum atomic E-state index is 13.1. The number of alkyl halides is 3. The standard InChI is InChI=1S/C16H10F3NO2S/c17-16(18,19)13-7-11(9-20)3-6-14(13)23-12-4-1-10(2-5-12)8-15(21)22/h1-7H,8H2,(H,21,22). The summed E-state index contributed by atoms with van der Waals surface area (Å²) in [5.74, 6) is -0.975. The minimum atomic E-state index is -4.56. The summed E-state index contributed by atoms with van der Waals surface area (Å²) >= 11 is 0.911. The molecule has 0 atom stereocenters. The van der Waals surface area contributed by atoms with E-state index >= 15 is 0 Å². The number of carboxylic acid groups (broad SMARTS) is 1. The molecule has 3 nitrogen and oxygen atoms in total. The van der Waals surface area contributed by atoms with Gasteiger partial charge in [-0.1, -0.05) is 23.9 Å². The number of nitriles is 1. The molecule has 118 valence electrons. The molecule has 7 heteroatoms. The Bertz CT molecular complexity index is 764. The lowest BCUT2D eigenvalue weighted by Crippen LogP contribution is -2.07. The second-order valence-corrected chi connectivity index (χ2v) is 5.75. The second-order valence-electron chi connectivity index (χ2n) is 4.64. The molecule has 0 aliphatic heterocycles. The molecular formula is C16H10F3NO2S. The fourth-order valence-electron chi connectivity index (χ4n) is 1.89. The van der Waals surface area contributed by atoms with Crippen LogP contribution in [0, 0.1) is 11.3 Å². The van der Waals surface area contributed by atoms with Gasteiger partial charge in [-0.2, -0.15) is 18.4 Å². The predicted octanol–water partition coefficient (Wildman–Crippen LogP) is 4.36. The number of hydrogen-bond donors (Lipinski definition) is 1. The molecule has 0 fully saturated rings. The number of halogens is 3. The fourth-order valence-corrected chi connectivity index (χ4v) is 2.83. The van der Waals surface area contributed by atoms with Crippen LogP contribution in [0.5, 0.6) is 0 Å². The molecule has 0 amide bonds. The van der Waals surface area contributed by atoms with Crippen LogP contribution in [-0.4, -0.2) is 11.1 Å². The van der Waals surface area contributed by atoms with Gasteiger partial charge in [-0.05, 0) is 35.9 Å². The highest BCUT2D eigenvalue weighted by atomic mass is 32.2. The molecule has 2 aromatic carbocycles. The molecule has 2 rings (SSSR count). The van der Waals surface area contributed by atoms with Gasteiger partial charge in [0.15, 0.2) is 0 Å². The first-order chi connectivity index (χ1) is 10.8. The summed E-state index contributed by atoms with van der Waals surface area (Å²) in [5, 5.41) is 17.4. The molecule has 2 aromatic rings. The predicted molar refractivity (Wildman–Crippen MR) is 78.1 cm³/mol. The molecule has 0 aliphatic carbocycles. The Hall–Kier alpha value is -2.46. The Labute approximate surface area is 134 Å². The van der Waals surface area contributed by atoms with Crippen LogP contribution in [0.2, 0.25) is 0 Å². The van der Waals surface area contributed by atoms with Crippen LogP contribution < -0.4 is 0 Å². The summed E-state index contributed by atoms with van der Waals surface area (Å²) in [6.07, 6.45) is -4.70. The highest BCUT2D eigenvalue weighted by molar-refractivity contribution is 7.99. The third-order valence-electron chi connectivity index (χ3n) is 2.92. The van der Waals surface area contributed by atoms with Gasteiger partial charge in [0.2, 0.25) is 0 Å². The van der Waals surface area contributed by atoms with E-state index in [0.29, 0.717) is 10.5 Å². The number of carbonyl (C=O) groups is 1. The maximum absolute atomic E-state index is 13.1. The molecule has 0 aliphatic rings. The van der Waals surface area contributed by atoms with Crippen LogP contribution >= 0.6 is 11.8 Å². The van der Waals surface area contributed by atoms with Crippen molar-refractivity contribution in [3.8, 4) is 6.07 Å². The topological polar surface area (TPSA) is 61.1 Å². The summed E-state index contributed by atoms with van der Waals surface area (Å²) in [6.45, 7) is 0. The van der Waals surface area contributed by atoms with Crippen LogP contribution in [0.1, 0.15) is 16.7 Å². The molecule has 0 heterocycles. The van der Waals surface area contributed by atoms with Crippen LogP contribution in [0.25, 0.3) is 0 Å². The molecular weight excluding hydrogens is 327 g/mol. The van der Waals surface area contributed by atoms with Gasteiger partial charge in [0.25, 0.3) is 0 Å². The molecule has 0 aromatic heterocycles. The first-order valence-corrected chi connectivity index (χ1v) is 7.21. The van der Waals surface area contributed by atoms with E-state index in [-0.39, 0.29) is 16.9 Å². The quantitative estimate of drug-likeness (QED) is 0.901. The van der Waals surface area contributed by atoms with Crippen LogP contribution in [0.4, 0.5) is 13.2 Å². The number of rotatable bonds is 4. The van der Waals surface area contributed by atoms with E-state index < -0.39 is 17.7 Å². The van der Waals surface area contributed by atoms with Crippen molar-refractivity contribution in [2.45, 2.75) is 22.4 Å². The zero-order valence-electron chi connectivity index (χ0n) is 11.6. The minimum absolute atomic E-state index is 0.0116.